The Morgan fingerprint density at radius 2 is 1.81 bits per heavy atom. The molecule has 2 aromatic carbocycles. The van der Waals surface area contributed by atoms with Gasteiger partial charge in [-0.2, -0.15) is 0 Å². The molecule has 4 nitrogen and oxygen atoms in total. The number of hydrogen-bond donors (Lipinski definition) is 0. The summed E-state index contributed by atoms with van der Waals surface area (Å²) < 4.78 is 6.10. The number of carbonyl (C=O) groups is 2. The number of Topliss-reactive ketones (excluding diaryl/α,β-unsaturated/α-hetero) is 1. The number of halogens is 1. The maximum atomic E-state index is 12.3. The SMILES string of the molecule is C[C@H](OC(=O)/C=C/c1cccc2cccnc12)C(=O)c1ccc(Br)cc1. The molecule has 0 saturated heterocycles. The molecular formula is C21H16BrNO3. The number of para-hydroxylation sites is 1. The first-order valence-corrected chi connectivity index (χ1v) is 8.86. The van der Waals surface area contributed by atoms with Crippen molar-refractivity contribution in [1.29, 1.82) is 0 Å². The molecule has 26 heavy (non-hydrogen) atoms. The van der Waals surface area contributed by atoms with Gasteiger partial charge >= 0.3 is 5.97 Å². The Bertz CT molecular complexity index is 975. The molecule has 0 radical (unpaired) electrons. The number of benzene rings is 2. The Morgan fingerprint density at radius 3 is 2.58 bits per heavy atom. The summed E-state index contributed by atoms with van der Waals surface area (Å²) in [6.45, 7) is 1.57. The highest BCUT2D eigenvalue weighted by Crippen LogP contribution is 2.17. The molecule has 0 aliphatic heterocycles. The second-order valence-corrected chi connectivity index (χ2v) is 6.62. The molecule has 0 saturated carbocycles. The van der Waals surface area contributed by atoms with E-state index in [0.29, 0.717) is 5.56 Å². The highest BCUT2D eigenvalue weighted by molar-refractivity contribution is 9.10. The van der Waals surface area contributed by atoms with E-state index in [2.05, 4.69) is 20.9 Å². The first-order chi connectivity index (χ1) is 12.5. The van der Waals surface area contributed by atoms with Crippen molar-refractivity contribution in [2.24, 2.45) is 0 Å². The van der Waals surface area contributed by atoms with E-state index in [-0.39, 0.29) is 5.78 Å². The first kappa shape index (κ1) is 18.0. The average Bonchev–Trinajstić information content (AvgIpc) is 2.66. The van der Waals surface area contributed by atoms with Crippen molar-refractivity contribution in [1.82, 2.24) is 4.98 Å². The number of esters is 1. The van der Waals surface area contributed by atoms with Gasteiger partial charge in [0.15, 0.2) is 6.10 Å². The Hall–Kier alpha value is -2.79. The van der Waals surface area contributed by atoms with Crippen LogP contribution in [0.25, 0.3) is 17.0 Å². The maximum Gasteiger partial charge on any atom is 0.331 e. The number of aromatic nitrogens is 1. The van der Waals surface area contributed by atoms with Crippen molar-refractivity contribution in [2.45, 2.75) is 13.0 Å². The molecule has 0 spiro atoms. The Balaban J connectivity index is 1.68. The Kier molecular flexibility index (Phi) is 5.58. The van der Waals surface area contributed by atoms with Crippen molar-refractivity contribution in [3.63, 3.8) is 0 Å². The average molecular weight is 410 g/mol. The summed E-state index contributed by atoms with van der Waals surface area (Å²) in [6.07, 6.45) is 3.80. The van der Waals surface area contributed by atoms with E-state index in [1.165, 1.54) is 6.08 Å². The van der Waals surface area contributed by atoms with Crippen LogP contribution in [-0.2, 0) is 9.53 Å². The van der Waals surface area contributed by atoms with Crippen LogP contribution in [-0.4, -0.2) is 22.8 Å². The molecular weight excluding hydrogens is 394 g/mol. The van der Waals surface area contributed by atoms with Gasteiger partial charge in [0, 0.05) is 33.3 Å². The lowest BCUT2D eigenvalue weighted by atomic mass is 10.1. The van der Waals surface area contributed by atoms with Gasteiger partial charge in [0.05, 0.1) is 5.52 Å². The molecule has 0 fully saturated rings. The van der Waals surface area contributed by atoms with E-state index in [0.717, 1.165) is 20.9 Å². The van der Waals surface area contributed by atoms with Gasteiger partial charge < -0.3 is 4.74 Å². The van der Waals surface area contributed by atoms with Gasteiger partial charge in [-0.15, -0.1) is 0 Å². The standard InChI is InChI=1S/C21H16BrNO3/c1-14(21(25)17-7-10-18(22)11-8-17)26-19(24)12-9-16-5-2-4-15-6-3-13-23-20(15)16/h2-14H,1H3/b12-9+/t14-/m0/s1. The summed E-state index contributed by atoms with van der Waals surface area (Å²) in [5.74, 6) is -0.818. The molecule has 0 unspecified atom stereocenters. The molecule has 3 rings (SSSR count). The summed E-state index contributed by atoms with van der Waals surface area (Å²) in [6, 6.07) is 16.5. The number of carbonyl (C=O) groups excluding carboxylic acids is 2. The van der Waals surface area contributed by atoms with E-state index < -0.39 is 12.1 Å². The molecule has 1 atom stereocenters. The van der Waals surface area contributed by atoms with Crippen molar-refractivity contribution in [3.05, 3.63) is 82.5 Å². The quantitative estimate of drug-likeness (QED) is 0.344. The van der Waals surface area contributed by atoms with Gasteiger partial charge in [0.25, 0.3) is 0 Å². The van der Waals surface area contributed by atoms with Crippen LogP contribution >= 0.6 is 15.9 Å². The number of pyridine rings is 1. The molecule has 3 aromatic rings. The summed E-state index contributed by atoms with van der Waals surface area (Å²) >= 11 is 3.32. The summed E-state index contributed by atoms with van der Waals surface area (Å²) in [7, 11) is 0. The third kappa shape index (κ3) is 4.24. The Labute approximate surface area is 159 Å². The molecule has 130 valence electrons. The van der Waals surface area contributed by atoms with Crippen LogP contribution in [0.4, 0.5) is 0 Å². The summed E-state index contributed by atoms with van der Waals surface area (Å²) in [5, 5.41) is 0.988. The number of ether oxygens (including phenoxy) is 1. The van der Waals surface area contributed by atoms with E-state index in [9.17, 15) is 9.59 Å². The molecule has 0 aliphatic carbocycles. The van der Waals surface area contributed by atoms with Crippen LogP contribution in [0.15, 0.2) is 71.3 Å². The van der Waals surface area contributed by atoms with Gasteiger partial charge in [0.2, 0.25) is 5.78 Å². The van der Waals surface area contributed by atoms with Crippen LogP contribution in [0.3, 0.4) is 0 Å². The lowest BCUT2D eigenvalue weighted by Gasteiger charge is -2.11. The van der Waals surface area contributed by atoms with Crippen LogP contribution in [0, 0.1) is 0 Å². The van der Waals surface area contributed by atoms with E-state index in [1.54, 1.807) is 43.5 Å². The summed E-state index contributed by atoms with van der Waals surface area (Å²) in [4.78, 5) is 28.7. The van der Waals surface area contributed by atoms with Crippen molar-refractivity contribution in [2.75, 3.05) is 0 Å². The zero-order valence-electron chi connectivity index (χ0n) is 14.1. The smallest absolute Gasteiger partial charge is 0.331 e. The molecule has 1 aromatic heterocycles. The molecule has 5 heteroatoms. The third-order valence-corrected chi connectivity index (χ3v) is 4.38. The molecule has 1 heterocycles. The normalized spacial score (nSPS) is 12.2. The predicted molar refractivity (Wildman–Crippen MR) is 105 cm³/mol. The second kappa shape index (κ2) is 8.06. The fourth-order valence-corrected chi connectivity index (χ4v) is 2.80. The number of ketones is 1. The number of hydrogen-bond acceptors (Lipinski definition) is 4. The second-order valence-electron chi connectivity index (χ2n) is 5.71. The fourth-order valence-electron chi connectivity index (χ4n) is 2.54. The zero-order chi connectivity index (χ0) is 18.5. The van der Waals surface area contributed by atoms with Crippen LogP contribution in [0.1, 0.15) is 22.8 Å². The van der Waals surface area contributed by atoms with Crippen molar-refractivity contribution in [3.8, 4) is 0 Å². The van der Waals surface area contributed by atoms with Gasteiger partial charge in [0.1, 0.15) is 0 Å². The summed E-state index contributed by atoms with van der Waals surface area (Å²) in [5.41, 5.74) is 2.11. The largest absolute Gasteiger partial charge is 0.451 e. The third-order valence-electron chi connectivity index (χ3n) is 3.85. The number of rotatable bonds is 5. The predicted octanol–water partition coefficient (Wildman–Crippen LogP) is 4.83. The molecule has 0 amide bonds. The van der Waals surface area contributed by atoms with E-state index >= 15 is 0 Å². The zero-order valence-corrected chi connectivity index (χ0v) is 15.6. The minimum atomic E-state index is -0.862. The topological polar surface area (TPSA) is 56.3 Å². The molecule has 0 aliphatic rings. The van der Waals surface area contributed by atoms with Crippen LogP contribution in [0.5, 0.6) is 0 Å². The minimum Gasteiger partial charge on any atom is -0.451 e. The number of nitrogens with zero attached hydrogens (tertiary/aromatic N) is 1. The maximum absolute atomic E-state index is 12.3. The van der Waals surface area contributed by atoms with Gasteiger partial charge in [-0.1, -0.05) is 52.3 Å². The highest BCUT2D eigenvalue weighted by atomic mass is 79.9. The van der Waals surface area contributed by atoms with Gasteiger partial charge in [-0.05, 0) is 31.2 Å². The molecule has 0 bridgehead atoms. The first-order valence-electron chi connectivity index (χ1n) is 8.07. The minimum absolute atomic E-state index is 0.244. The van der Waals surface area contributed by atoms with Gasteiger partial charge in [-0.3, -0.25) is 9.78 Å². The van der Waals surface area contributed by atoms with Crippen LogP contribution in [0.2, 0.25) is 0 Å². The number of fused-ring (bicyclic) bond motifs is 1. The fraction of sp³-hybridized carbons (Fsp3) is 0.0952. The Morgan fingerprint density at radius 1 is 1.08 bits per heavy atom. The monoisotopic (exact) mass is 409 g/mol. The molecule has 0 N–H and O–H groups in total. The highest BCUT2D eigenvalue weighted by Gasteiger charge is 2.18. The van der Waals surface area contributed by atoms with Crippen LogP contribution < -0.4 is 0 Å². The van der Waals surface area contributed by atoms with Gasteiger partial charge in [-0.25, -0.2) is 4.79 Å². The van der Waals surface area contributed by atoms with Crippen molar-refractivity contribution < 1.29 is 14.3 Å². The lowest BCUT2D eigenvalue weighted by molar-refractivity contribution is -0.140. The van der Waals surface area contributed by atoms with Crippen molar-refractivity contribution >= 4 is 44.7 Å². The van der Waals surface area contributed by atoms with E-state index in [1.807, 2.05) is 30.3 Å². The lowest BCUT2D eigenvalue weighted by Crippen LogP contribution is -2.23. The van der Waals surface area contributed by atoms with E-state index in [4.69, 9.17) is 4.74 Å².